The number of aryl methyl sites for hydroxylation is 2. The number of methoxy groups -OCH3 is 2. The Hall–Kier alpha value is -2.51. The standard InChI is InChI=1S/C23H25F3O4/c1-16(27)21(23(24,25)26,22(29-3,30-4)17(2)28)20-14-12-19(13-15-20)11-10-18-8-6-5-7-9-18/h5-9,12-15H,10-11H2,1-4H3. The number of Topliss-reactive ketones (excluding diaryl/α,β-unsaturated/α-hetero) is 2. The van der Waals surface area contributed by atoms with Crippen LogP contribution in [0, 0.1) is 0 Å². The van der Waals surface area contributed by atoms with E-state index in [1.165, 1.54) is 24.3 Å². The van der Waals surface area contributed by atoms with Crippen LogP contribution in [0.25, 0.3) is 0 Å². The molecule has 0 aromatic heterocycles. The molecule has 0 N–H and O–H groups in total. The monoisotopic (exact) mass is 422 g/mol. The van der Waals surface area contributed by atoms with Crippen molar-refractivity contribution in [1.82, 2.24) is 0 Å². The van der Waals surface area contributed by atoms with Crippen molar-refractivity contribution in [2.45, 2.75) is 44.1 Å². The molecule has 0 aliphatic heterocycles. The van der Waals surface area contributed by atoms with Crippen LogP contribution in [0.5, 0.6) is 0 Å². The second-order valence-electron chi connectivity index (χ2n) is 7.07. The average Bonchev–Trinajstić information content (AvgIpc) is 2.70. The second kappa shape index (κ2) is 9.10. The quantitative estimate of drug-likeness (QED) is 0.561. The van der Waals surface area contributed by atoms with E-state index in [0.717, 1.165) is 39.2 Å². The van der Waals surface area contributed by atoms with E-state index in [2.05, 4.69) is 0 Å². The molecule has 162 valence electrons. The molecule has 0 aliphatic rings. The smallest absolute Gasteiger partial charge is 0.346 e. The van der Waals surface area contributed by atoms with Gasteiger partial charge in [-0.15, -0.1) is 0 Å². The molecule has 1 unspecified atom stereocenters. The summed E-state index contributed by atoms with van der Waals surface area (Å²) in [7, 11) is 1.84. The molecule has 0 amide bonds. The zero-order chi connectivity index (χ0) is 22.6. The minimum absolute atomic E-state index is 0.412. The molecule has 1 atom stereocenters. The van der Waals surface area contributed by atoms with Gasteiger partial charge in [-0.25, -0.2) is 0 Å². The Morgan fingerprint density at radius 2 is 1.23 bits per heavy atom. The highest BCUT2D eigenvalue weighted by atomic mass is 19.4. The van der Waals surface area contributed by atoms with Gasteiger partial charge in [-0.2, -0.15) is 13.2 Å². The molecule has 2 rings (SSSR count). The first-order chi connectivity index (χ1) is 14.1. The molecule has 0 saturated carbocycles. The molecule has 0 fully saturated rings. The molecule has 30 heavy (non-hydrogen) atoms. The molecule has 2 aromatic carbocycles. The van der Waals surface area contributed by atoms with Crippen LogP contribution in [0.15, 0.2) is 54.6 Å². The van der Waals surface area contributed by atoms with E-state index in [9.17, 15) is 22.8 Å². The maximum absolute atomic E-state index is 14.5. The van der Waals surface area contributed by atoms with Crippen LogP contribution in [0.4, 0.5) is 13.2 Å². The van der Waals surface area contributed by atoms with E-state index < -0.39 is 34.5 Å². The normalized spacial score (nSPS) is 14.2. The first-order valence-corrected chi connectivity index (χ1v) is 9.39. The predicted molar refractivity (Wildman–Crippen MR) is 106 cm³/mol. The van der Waals surface area contributed by atoms with Crippen molar-refractivity contribution in [2.75, 3.05) is 14.2 Å². The average molecular weight is 422 g/mol. The van der Waals surface area contributed by atoms with E-state index in [1.807, 2.05) is 30.3 Å². The molecule has 0 aliphatic carbocycles. The van der Waals surface area contributed by atoms with Crippen LogP contribution < -0.4 is 0 Å². The molecule has 0 bridgehead atoms. The molecule has 2 aromatic rings. The van der Waals surface area contributed by atoms with E-state index in [-0.39, 0.29) is 0 Å². The minimum Gasteiger partial charge on any atom is -0.346 e. The van der Waals surface area contributed by atoms with Gasteiger partial charge in [-0.3, -0.25) is 9.59 Å². The zero-order valence-corrected chi connectivity index (χ0v) is 17.4. The maximum atomic E-state index is 14.5. The number of hydrogen-bond donors (Lipinski definition) is 0. The summed E-state index contributed by atoms with van der Waals surface area (Å²) in [6.45, 7) is 1.69. The van der Waals surface area contributed by atoms with Crippen molar-refractivity contribution < 1.29 is 32.2 Å². The lowest BCUT2D eigenvalue weighted by Gasteiger charge is -2.46. The summed E-state index contributed by atoms with van der Waals surface area (Å²) in [5, 5.41) is 0. The summed E-state index contributed by atoms with van der Waals surface area (Å²) < 4.78 is 53.4. The van der Waals surface area contributed by atoms with E-state index in [1.54, 1.807) is 0 Å². The number of alkyl halides is 3. The maximum Gasteiger partial charge on any atom is 0.411 e. The number of benzene rings is 2. The highest BCUT2D eigenvalue weighted by molar-refractivity contribution is 5.99. The molecule has 0 heterocycles. The third kappa shape index (κ3) is 3.91. The van der Waals surface area contributed by atoms with Crippen LogP contribution in [0.3, 0.4) is 0 Å². The predicted octanol–water partition coefficient (Wildman–Crippen LogP) is 4.44. The van der Waals surface area contributed by atoms with E-state index in [0.29, 0.717) is 12.8 Å². The Kier molecular flexibility index (Phi) is 7.21. The summed E-state index contributed by atoms with van der Waals surface area (Å²) in [6, 6.07) is 15.2. The first-order valence-electron chi connectivity index (χ1n) is 9.39. The highest BCUT2D eigenvalue weighted by Crippen LogP contribution is 2.51. The summed E-state index contributed by atoms with van der Waals surface area (Å²) in [6.07, 6.45) is -3.83. The molecular weight excluding hydrogens is 397 g/mol. The lowest BCUT2D eigenvalue weighted by molar-refractivity contribution is -0.301. The van der Waals surface area contributed by atoms with Gasteiger partial charge in [-0.05, 0) is 36.5 Å². The second-order valence-corrected chi connectivity index (χ2v) is 7.07. The van der Waals surface area contributed by atoms with Crippen molar-refractivity contribution in [3.8, 4) is 0 Å². The fourth-order valence-electron chi connectivity index (χ4n) is 3.97. The number of rotatable bonds is 9. The molecule has 0 saturated heterocycles. The lowest BCUT2D eigenvalue weighted by Crippen LogP contribution is -2.69. The SMILES string of the molecule is COC(OC)(C(C)=O)C(C(C)=O)(c1ccc(CCc2ccccc2)cc1)C(F)(F)F. The van der Waals surface area contributed by atoms with Crippen LogP contribution in [0.1, 0.15) is 30.5 Å². The lowest BCUT2D eigenvalue weighted by atomic mass is 9.67. The van der Waals surface area contributed by atoms with Gasteiger partial charge in [-0.1, -0.05) is 54.6 Å². The third-order valence-corrected chi connectivity index (χ3v) is 5.42. The summed E-state index contributed by atoms with van der Waals surface area (Å²) in [4.78, 5) is 24.9. The van der Waals surface area contributed by atoms with Gasteiger partial charge in [0.1, 0.15) is 0 Å². The Morgan fingerprint density at radius 3 is 1.60 bits per heavy atom. The molecular formula is C23H25F3O4. The van der Waals surface area contributed by atoms with Crippen molar-refractivity contribution in [3.05, 3.63) is 71.3 Å². The van der Waals surface area contributed by atoms with Gasteiger partial charge < -0.3 is 9.47 Å². The Balaban J connectivity index is 2.54. The van der Waals surface area contributed by atoms with Gasteiger partial charge in [0.25, 0.3) is 5.79 Å². The van der Waals surface area contributed by atoms with Gasteiger partial charge in [0.15, 0.2) is 11.6 Å². The zero-order valence-electron chi connectivity index (χ0n) is 17.4. The number of ether oxygens (including phenoxy) is 2. The van der Waals surface area contributed by atoms with Gasteiger partial charge in [0.2, 0.25) is 5.41 Å². The van der Waals surface area contributed by atoms with Crippen LogP contribution in [0.2, 0.25) is 0 Å². The van der Waals surface area contributed by atoms with Crippen molar-refractivity contribution in [3.63, 3.8) is 0 Å². The molecule has 4 nitrogen and oxygen atoms in total. The van der Waals surface area contributed by atoms with Crippen molar-refractivity contribution >= 4 is 11.6 Å². The number of carbonyl (C=O) groups excluding carboxylic acids is 2. The Morgan fingerprint density at radius 1 is 0.767 bits per heavy atom. The summed E-state index contributed by atoms with van der Waals surface area (Å²) in [5.74, 6) is -5.21. The fourth-order valence-corrected chi connectivity index (χ4v) is 3.97. The van der Waals surface area contributed by atoms with Gasteiger partial charge in [0, 0.05) is 21.1 Å². The first kappa shape index (κ1) is 23.8. The summed E-state index contributed by atoms with van der Waals surface area (Å²) in [5.41, 5.74) is -1.83. The Bertz CT molecular complexity index is 872. The number of carbonyl (C=O) groups is 2. The molecule has 0 radical (unpaired) electrons. The van der Waals surface area contributed by atoms with Crippen LogP contribution >= 0.6 is 0 Å². The molecule has 7 heteroatoms. The largest absolute Gasteiger partial charge is 0.411 e. The van der Waals surface area contributed by atoms with Crippen molar-refractivity contribution in [2.24, 2.45) is 0 Å². The van der Waals surface area contributed by atoms with Crippen LogP contribution in [-0.2, 0) is 37.3 Å². The highest BCUT2D eigenvalue weighted by Gasteiger charge is 2.74. The third-order valence-electron chi connectivity index (χ3n) is 5.42. The fraction of sp³-hybridized carbons (Fsp3) is 0.391. The minimum atomic E-state index is -5.15. The van der Waals surface area contributed by atoms with E-state index >= 15 is 0 Å². The number of hydrogen-bond acceptors (Lipinski definition) is 4. The number of halogens is 3. The van der Waals surface area contributed by atoms with Gasteiger partial charge >= 0.3 is 6.18 Å². The number of ketones is 2. The Labute approximate surface area is 174 Å². The topological polar surface area (TPSA) is 52.6 Å². The van der Waals surface area contributed by atoms with E-state index in [4.69, 9.17) is 9.47 Å². The van der Waals surface area contributed by atoms with Gasteiger partial charge in [0.05, 0.1) is 0 Å². The summed E-state index contributed by atoms with van der Waals surface area (Å²) >= 11 is 0. The van der Waals surface area contributed by atoms with Crippen molar-refractivity contribution in [1.29, 1.82) is 0 Å². The molecule has 0 spiro atoms. The van der Waals surface area contributed by atoms with Crippen LogP contribution in [-0.4, -0.2) is 37.7 Å².